The molecular weight excluding hydrogens is 378 g/mol. The van der Waals surface area contributed by atoms with Gasteiger partial charge in [-0.1, -0.05) is 30.3 Å². The van der Waals surface area contributed by atoms with Gasteiger partial charge in [0.15, 0.2) is 0 Å². The molecule has 0 aliphatic heterocycles. The topological polar surface area (TPSA) is 105 Å². The summed E-state index contributed by atoms with van der Waals surface area (Å²) in [4.78, 5) is 35.4. The molecule has 0 unspecified atom stereocenters. The third-order valence-electron chi connectivity index (χ3n) is 3.93. The van der Waals surface area contributed by atoms with Crippen molar-refractivity contribution in [1.82, 2.24) is 0 Å². The van der Waals surface area contributed by atoms with Crippen molar-refractivity contribution >= 4 is 11.9 Å². The Hall–Kier alpha value is -3.68. The minimum atomic E-state index is -0.876. The predicted molar refractivity (Wildman–Crippen MR) is 104 cm³/mol. The van der Waals surface area contributed by atoms with E-state index in [4.69, 9.17) is 14.2 Å². The molecule has 152 valence electrons. The highest BCUT2D eigenvalue weighted by Crippen LogP contribution is 2.21. The summed E-state index contributed by atoms with van der Waals surface area (Å²) in [5, 5.41) is 11.1. The zero-order valence-electron chi connectivity index (χ0n) is 16.1. The van der Waals surface area contributed by atoms with E-state index in [9.17, 15) is 19.7 Å². The van der Waals surface area contributed by atoms with Crippen LogP contribution < -0.4 is 4.74 Å². The fourth-order valence-electron chi connectivity index (χ4n) is 2.53. The Morgan fingerprint density at radius 2 is 1.76 bits per heavy atom. The van der Waals surface area contributed by atoms with Gasteiger partial charge in [0.1, 0.15) is 5.75 Å². The number of nitrogens with zero attached hydrogens (tertiary/aromatic N) is 1. The van der Waals surface area contributed by atoms with Crippen LogP contribution in [0.1, 0.15) is 28.8 Å². The molecule has 0 spiro atoms. The van der Waals surface area contributed by atoms with Crippen LogP contribution in [0.15, 0.2) is 66.4 Å². The first-order valence-electron chi connectivity index (χ1n) is 8.86. The molecule has 0 N–H and O–H groups in total. The maximum atomic E-state index is 12.5. The van der Waals surface area contributed by atoms with Crippen molar-refractivity contribution in [2.45, 2.75) is 12.8 Å². The van der Waals surface area contributed by atoms with Crippen LogP contribution in [-0.2, 0) is 14.3 Å². The molecule has 8 nitrogen and oxygen atoms in total. The van der Waals surface area contributed by atoms with Gasteiger partial charge in [0, 0.05) is 4.92 Å². The lowest BCUT2D eigenvalue weighted by atomic mass is 9.98. The second kappa shape index (κ2) is 10.6. The lowest BCUT2D eigenvalue weighted by Crippen LogP contribution is -2.18. The van der Waals surface area contributed by atoms with Gasteiger partial charge in [-0.25, -0.2) is 9.59 Å². The van der Waals surface area contributed by atoms with E-state index in [1.807, 2.05) is 0 Å². The average molecular weight is 399 g/mol. The number of esters is 2. The van der Waals surface area contributed by atoms with Crippen molar-refractivity contribution in [2.75, 3.05) is 20.3 Å². The summed E-state index contributed by atoms with van der Waals surface area (Å²) >= 11 is 0. The van der Waals surface area contributed by atoms with Gasteiger partial charge < -0.3 is 14.2 Å². The Kier molecular flexibility index (Phi) is 7.90. The molecule has 0 aliphatic rings. The molecule has 0 fully saturated rings. The van der Waals surface area contributed by atoms with Gasteiger partial charge >= 0.3 is 11.9 Å². The van der Waals surface area contributed by atoms with E-state index in [1.54, 1.807) is 49.4 Å². The fourth-order valence-corrected chi connectivity index (χ4v) is 2.53. The quantitative estimate of drug-likeness (QED) is 0.209. The molecule has 0 aliphatic carbocycles. The smallest absolute Gasteiger partial charge is 0.374 e. The maximum Gasteiger partial charge on any atom is 0.374 e. The summed E-state index contributed by atoms with van der Waals surface area (Å²) in [6.45, 7) is 1.18. The number of ether oxygens (including phenoxy) is 3. The third kappa shape index (κ3) is 6.46. The maximum absolute atomic E-state index is 12.5. The number of hydrogen-bond acceptors (Lipinski definition) is 7. The minimum Gasteiger partial charge on any atom is -0.497 e. The Labute approximate surface area is 167 Å². The van der Waals surface area contributed by atoms with Crippen molar-refractivity contribution in [1.29, 1.82) is 0 Å². The number of carbonyl (C=O) groups excluding carboxylic acids is 2. The summed E-state index contributed by atoms with van der Waals surface area (Å²) in [7, 11) is 1.49. The van der Waals surface area contributed by atoms with E-state index in [0.717, 1.165) is 0 Å². The summed E-state index contributed by atoms with van der Waals surface area (Å²) in [5.74, 6) is -2.30. The van der Waals surface area contributed by atoms with Crippen LogP contribution in [0.5, 0.6) is 5.75 Å². The van der Waals surface area contributed by atoms with Crippen molar-refractivity contribution in [3.05, 3.63) is 87.7 Å². The number of benzene rings is 2. The zero-order valence-corrected chi connectivity index (χ0v) is 16.1. The van der Waals surface area contributed by atoms with Crippen molar-refractivity contribution < 1.29 is 28.7 Å². The van der Waals surface area contributed by atoms with Crippen molar-refractivity contribution in [2.24, 2.45) is 0 Å². The summed E-state index contributed by atoms with van der Waals surface area (Å²) in [6.07, 6.45) is 1.25. The van der Waals surface area contributed by atoms with Gasteiger partial charge in [-0.2, -0.15) is 0 Å². The van der Waals surface area contributed by atoms with Crippen LogP contribution in [-0.4, -0.2) is 37.1 Å². The first kappa shape index (κ1) is 21.6. The molecule has 29 heavy (non-hydrogen) atoms. The number of rotatable bonds is 9. The fraction of sp³-hybridized carbons (Fsp3) is 0.238. The largest absolute Gasteiger partial charge is 0.497 e. The molecule has 0 saturated heterocycles. The summed E-state index contributed by atoms with van der Waals surface area (Å²) in [6, 6.07) is 14.7. The first-order chi connectivity index (χ1) is 13.9. The predicted octanol–water partition coefficient (Wildman–Crippen LogP) is 3.36. The average Bonchev–Trinajstić information content (AvgIpc) is 2.73. The van der Waals surface area contributed by atoms with Crippen LogP contribution in [0.2, 0.25) is 0 Å². The van der Waals surface area contributed by atoms with Gasteiger partial charge in [-0.15, -0.1) is 0 Å². The normalized spacial score (nSPS) is 12.0. The molecule has 1 atom stereocenters. The molecule has 0 heterocycles. The lowest BCUT2D eigenvalue weighted by Gasteiger charge is -2.13. The number of nitro groups is 1. The summed E-state index contributed by atoms with van der Waals surface area (Å²) < 4.78 is 15.2. The van der Waals surface area contributed by atoms with Gasteiger partial charge in [0.05, 0.1) is 25.2 Å². The van der Waals surface area contributed by atoms with Crippen LogP contribution in [0.3, 0.4) is 0 Å². The Balaban J connectivity index is 2.34. The Morgan fingerprint density at radius 1 is 1.10 bits per heavy atom. The molecule has 0 amide bonds. The number of hydrogen-bond donors (Lipinski definition) is 0. The van der Waals surface area contributed by atoms with E-state index >= 15 is 0 Å². The zero-order chi connectivity index (χ0) is 21.2. The first-order valence-corrected chi connectivity index (χ1v) is 8.86. The molecule has 0 bridgehead atoms. The number of methoxy groups -OCH3 is 1. The monoisotopic (exact) mass is 399 g/mol. The SMILES string of the molecule is CCOC(=O)/C(=C/[C@@H](C[N+](=O)[O-])c1ccccc1)OC(=O)c1ccc(OC)cc1. The Morgan fingerprint density at radius 3 is 2.31 bits per heavy atom. The molecule has 8 heteroatoms. The lowest BCUT2D eigenvalue weighted by molar-refractivity contribution is -0.481. The van der Waals surface area contributed by atoms with Gasteiger partial charge in [0.2, 0.25) is 12.3 Å². The highest BCUT2D eigenvalue weighted by atomic mass is 16.6. The molecular formula is C21H21NO7. The van der Waals surface area contributed by atoms with E-state index in [1.165, 1.54) is 25.3 Å². The molecule has 2 aromatic carbocycles. The molecule has 0 radical (unpaired) electrons. The second-order valence-electron chi connectivity index (χ2n) is 5.90. The van der Waals surface area contributed by atoms with Crippen LogP contribution in [0, 0.1) is 10.1 Å². The van der Waals surface area contributed by atoms with E-state index in [0.29, 0.717) is 11.3 Å². The van der Waals surface area contributed by atoms with Crippen molar-refractivity contribution in [3.8, 4) is 5.75 Å². The van der Waals surface area contributed by atoms with Gasteiger partial charge in [-0.3, -0.25) is 10.1 Å². The van der Waals surface area contributed by atoms with Crippen LogP contribution >= 0.6 is 0 Å². The standard InChI is InChI=1S/C21H21NO7/c1-3-28-21(24)19(29-20(23)16-9-11-18(27-2)12-10-16)13-17(14-22(25)26)15-7-5-4-6-8-15/h4-13,17H,3,14H2,1-2H3/b19-13-/t17-/m0/s1. The number of carbonyl (C=O) groups is 2. The molecule has 2 aromatic rings. The highest BCUT2D eigenvalue weighted by molar-refractivity contribution is 5.95. The minimum absolute atomic E-state index is 0.0570. The molecule has 2 rings (SSSR count). The van der Waals surface area contributed by atoms with Crippen LogP contribution in [0.4, 0.5) is 0 Å². The van der Waals surface area contributed by atoms with Crippen LogP contribution in [0.25, 0.3) is 0 Å². The highest BCUT2D eigenvalue weighted by Gasteiger charge is 2.23. The Bertz CT molecular complexity index is 876. The van der Waals surface area contributed by atoms with Gasteiger partial charge in [0.25, 0.3) is 0 Å². The summed E-state index contributed by atoms with van der Waals surface area (Å²) in [5.41, 5.74) is 0.790. The molecule has 0 saturated carbocycles. The third-order valence-corrected chi connectivity index (χ3v) is 3.93. The van der Waals surface area contributed by atoms with E-state index in [2.05, 4.69) is 0 Å². The van der Waals surface area contributed by atoms with Crippen molar-refractivity contribution in [3.63, 3.8) is 0 Å². The van der Waals surface area contributed by atoms with E-state index < -0.39 is 35.1 Å². The van der Waals surface area contributed by atoms with E-state index in [-0.39, 0.29) is 12.2 Å². The van der Waals surface area contributed by atoms with Gasteiger partial charge in [-0.05, 0) is 42.8 Å². The molecule has 0 aromatic heterocycles. The second-order valence-corrected chi connectivity index (χ2v) is 5.90.